The number of alkyl halides is 3. The first kappa shape index (κ1) is 22.6. The molecule has 1 aliphatic heterocycles. The number of rotatable bonds is 6. The molecule has 28 heavy (non-hydrogen) atoms. The molecule has 1 fully saturated rings. The van der Waals surface area contributed by atoms with E-state index in [2.05, 4.69) is 5.32 Å². The topological polar surface area (TPSA) is 69.7 Å². The first-order valence-corrected chi connectivity index (χ1v) is 10.6. The zero-order chi connectivity index (χ0) is 21.1. The molecule has 0 bridgehead atoms. The number of nitrogens with one attached hydrogen (secondary N) is 1. The van der Waals surface area contributed by atoms with Gasteiger partial charge in [0, 0.05) is 19.6 Å². The molecule has 0 spiro atoms. The van der Waals surface area contributed by atoms with Crippen molar-refractivity contribution in [2.75, 3.05) is 31.5 Å². The molecule has 1 aromatic carbocycles. The fourth-order valence-electron chi connectivity index (χ4n) is 3.50. The summed E-state index contributed by atoms with van der Waals surface area (Å²) in [6.07, 6.45) is -3.70. The van der Waals surface area contributed by atoms with E-state index in [9.17, 15) is 26.4 Å². The Balaban J connectivity index is 2.14. The number of anilines is 1. The van der Waals surface area contributed by atoms with Crippen LogP contribution >= 0.6 is 0 Å². The van der Waals surface area contributed by atoms with Crippen LogP contribution in [0.25, 0.3) is 0 Å². The Morgan fingerprint density at radius 2 is 1.79 bits per heavy atom. The van der Waals surface area contributed by atoms with Crippen molar-refractivity contribution in [2.24, 2.45) is 11.8 Å². The highest BCUT2D eigenvalue weighted by Gasteiger charge is 2.36. The van der Waals surface area contributed by atoms with Crippen LogP contribution in [-0.2, 0) is 21.2 Å². The minimum Gasteiger partial charge on any atom is -0.324 e. The van der Waals surface area contributed by atoms with Crippen LogP contribution in [0, 0.1) is 11.8 Å². The van der Waals surface area contributed by atoms with Gasteiger partial charge in [-0.25, -0.2) is 0 Å². The summed E-state index contributed by atoms with van der Waals surface area (Å²) >= 11 is 0. The predicted octanol–water partition coefficient (Wildman–Crippen LogP) is 3.19. The minimum absolute atomic E-state index is 0.0376. The lowest BCUT2D eigenvalue weighted by atomic mass is 9.94. The first-order valence-electron chi connectivity index (χ1n) is 9.16. The van der Waals surface area contributed by atoms with Gasteiger partial charge in [0.1, 0.15) is 0 Å². The van der Waals surface area contributed by atoms with Crippen LogP contribution in [0.4, 0.5) is 18.9 Å². The molecule has 0 aromatic heterocycles. The Morgan fingerprint density at radius 1 is 1.21 bits per heavy atom. The Hall–Kier alpha value is -1.65. The highest BCUT2D eigenvalue weighted by atomic mass is 32.2. The standard InChI is InChI=1S/C18H26F3N3O3S/c1-4-23(28(26,27)24-10-13(2)9-14(3)11-24)12-17(25)22-16-8-6-5-7-15(16)18(19,20)21/h5-8,13-14H,4,9-12H2,1-3H3,(H,22,25)/t13-,14-/m1/s1. The number of para-hydroxylation sites is 1. The van der Waals surface area contributed by atoms with Gasteiger partial charge in [-0.3, -0.25) is 4.79 Å². The van der Waals surface area contributed by atoms with Crippen molar-refractivity contribution < 1.29 is 26.4 Å². The van der Waals surface area contributed by atoms with Crippen molar-refractivity contribution >= 4 is 21.8 Å². The summed E-state index contributed by atoms with van der Waals surface area (Å²) in [5.41, 5.74) is -1.37. The second-order valence-electron chi connectivity index (χ2n) is 7.29. The Morgan fingerprint density at radius 3 is 2.32 bits per heavy atom. The second kappa shape index (κ2) is 8.79. The van der Waals surface area contributed by atoms with Gasteiger partial charge in [-0.1, -0.05) is 32.9 Å². The molecule has 0 radical (unpaired) electrons. The zero-order valence-corrected chi connectivity index (χ0v) is 17.0. The van der Waals surface area contributed by atoms with Crippen molar-refractivity contribution in [3.63, 3.8) is 0 Å². The Kier molecular flexibility index (Phi) is 7.11. The Bertz CT molecular complexity index is 789. The summed E-state index contributed by atoms with van der Waals surface area (Å²) in [6.45, 7) is 5.74. The monoisotopic (exact) mass is 421 g/mol. The molecule has 1 N–H and O–H groups in total. The molecular formula is C18H26F3N3O3S. The summed E-state index contributed by atoms with van der Waals surface area (Å²) < 4.78 is 67.4. The van der Waals surface area contributed by atoms with Crippen molar-refractivity contribution in [2.45, 2.75) is 33.4 Å². The van der Waals surface area contributed by atoms with Crippen molar-refractivity contribution in [3.8, 4) is 0 Å². The highest BCUT2D eigenvalue weighted by molar-refractivity contribution is 7.86. The molecule has 1 heterocycles. The van der Waals surface area contributed by atoms with Gasteiger partial charge in [0.2, 0.25) is 5.91 Å². The van der Waals surface area contributed by atoms with E-state index in [0.717, 1.165) is 22.9 Å². The van der Waals surface area contributed by atoms with Gasteiger partial charge in [0.05, 0.1) is 17.8 Å². The number of hydrogen-bond donors (Lipinski definition) is 1. The summed E-state index contributed by atoms with van der Waals surface area (Å²) in [5.74, 6) is -0.422. The lowest BCUT2D eigenvalue weighted by molar-refractivity contribution is -0.137. The third kappa shape index (κ3) is 5.45. The van der Waals surface area contributed by atoms with Crippen molar-refractivity contribution in [3.05, 3.63) is 29.8 Å². The van der Waals surface area contributed by atoms with Gasteiger partial charge in [0.15, 0.2) is 0 Å². The van der Waals surface area contributed by atoms with Gasteiger partial charge in [0.25, 0.3) is 10.2 Å². The van der Waals surface area contributed by atoms with Crippen molar-refractivity contribution in [1.29, 1.82) is 0 Å². The molecular weight excluding hydrogens is 395 g/mol. The molecule has 1 saturated heterocycles. The maximum atomic E-state index is 13.1. The Labute approximate surface area is 163 Å². The van der Waals surface area contributed by atoms with E-state index < -0.39 is 40.1 Å². The number of likely N-dealkylation sites (N-methyl/N-ethyl adjacent to an activating group) is 1. The van der Waals surface area contributed by atoms with E-state index in [1.165, 1.54) is 16.4 Å². The maximum Gasteiger partial charge on any atom is 0.418 e. The predicted molar refractivity (Wildman–Crippen MR) is 101 cm³/mol. The molecule has 158 valence electrons. The minimum atomic E-state index is -4.62. The molecule has 0 aliphatic carbocycles. The van der Waals surface area contributed by atoms with Crippen LogP contribution < -0.4 is 5.32 Å². The average molecular weight is 421 g/mol. The number of hydrogen-bond acceptors (Lipinski definition) is 3. The molecule has 2 atom stereocenters. The van der Waals surface area contributed by atoms with Crippen molar-refractivity contribution in [1.82, 2.24) is 8.61 Å². The molecule has 0 saturated carbocycles. The lowest BCUT2D eigenvalue weighted by Gasteiger charge is -2.36. The van der Waals surface area contributed by atoms with Gasteiger partial charge in [-0.15, -0.1) is 0 Å². The molecule has 2 rings (SSSR count). The molecule has 10 heteroatoms. The third-order valence-corrected chi connectivity index (χ3v) is 6.66. The van der Waals surface area contributed by atoms with Gasteiger partial charge in [-0.05, 0) is 30.4 Å². The first-order chi connectivity index (χ1) is 12.9. The number of amides is 1. The largest absolute Gasteiger partial charge is 0.418 e. The van der Waals surface area contributed by atoms with Crippen LogP contribution in [0.15, 0.2) is 24.3 Å². The highest BCUT2D eigenvalue weighted by Crippen LogP contribution is 2.34. The molecule has 6 nitrogen and oxygen atoms in total. The fourth-order valence-corrected chi connectivity index (χ4v) is 5.32. The van der Waals surface area contributed by atoms with Gasteiger partial charge >= 0.3 is 6.18 Å². The molecule has 1 amide bonds. The van der Waals surface area contributed by atoms with E-state index in [-0.39, 0.29) is 18.4 Å². The van der Waals surface area contributed by atoms with Crippen LogP contribution in [0.5, 0.6) is 0 Å². The molecule has 1 aromatic rings. The summed E-state index contributed by atoms with van der Waals surface area (Å²) in [5, 5.41) is 2.19. The summed E-state index contributed by atoms with van der Waals surface area (Å²) in [6, 6.07) is 4.59. The van der Waals surface area contributed by atoms with Gasteiger partial charge < -0.3 is 5.32 Å². The number of carbonyl (C=O) groups is 1. The van der Waals surface area contributed by atoms with E-state index in [4.69, 9.17) is 0 Å². The van der Waals surface area contributed by atoms with Gasteiger partial charge in [-0.2, -0.15) is 30.2 Å². The zero-order valence-electron chi connectivity index (χ0n) is 16.2. The van der Waals surface area contributed by atoms with E-state index >= 15 is 0 Å². The van der Waals surface area contributed by atoms with E-state index in [1.807, 2.05) is 13.8 Å². The fraction of sp³-hybridized carbons (Fsp3) is 0.611. The molecule has 1 aliphatic rings. The second-order valence-corrected chi connectivity index (χ2v) is 9.22. The van der Waals surface area contributed by atoms with Crippen LogP contribution in [-0.4, -0.2) is 49.1 Å². The SMILES string of the molecule is CCN(CC(=O)Nc1ccccc1C(F)(F)F)S(=O)(=O)N1C[C@H](C)C[C@@H](C)C1. The smallest absolute Gasteiger partial charge is 0.324 e. The number of halogens is 3. The number of benzene rings is 1. The maximum absolute atomic E-state index is 13.1. The summed E-state index contributed by atoms with van der Waals surface area (Å²) in [7, 11) is -3.88. The number of carbonyl (C=O) groups excluding carboxylic acids is 1. The van der Waals surface area contributed by atoms with Crippen LogP contribution in [0.3, 0.4) is 0 Å². The average Bonchev–Trinajstić information content (AvgIpc) is 2.58. The van der Waals surface area contributed by atoms with Crippen LogP contribution in [0.2, 0.25) is 0 Å². The quantitative estimate of drug-likeness (QED) is 0.767. The van der Waals surface area contributed by atoms with E-state index in [0.29, 0.717) is 13.1 Å². The van der Waals surface area contributed by atoms with E-state index in [1.54, 1.807) is 6.92 Å². The summed E-state index contributed by atoms with van der Waals surface area (Å²) in [4.78, 5) is 12.3. The normalized spacial score (nSPS) is 21.7. The third-order valence-electron chi connectivity index (χ3n) is 4.67. The van der Waals surface area contributed by atoms with Crippen LogP contribution in [0.1, 0.15) is 32.8 Å². The number of piperidine rings is 1. The molecule has 0 unspecified atom stereocenters. The number of nitrogens with zero attached hydrogens (tertiary/aromatic N) is 2. The lowest BCUT2D eigenvalue weighted by Crippen LogP contribution is -2.51.